The number of rotatable bonds is 1. The minimum atomic E-state index is -4.35. The molecule has 2 N–H and O–H groups in total. The zero-order valence-electron chi connectivity index (χ0n) is 6.53. The van der Waals surface area contributed by atoms with Crippen molar-refractivity contribution in [3.05, 3.63) is 21.6 Å². The topological polar surface area (TPSA) is 26.0 Å². The summed E-state index contributed by atoms with van der Waals surface area (Å²) in [7, 11) is 0. The second-order valence-corrected chi connectivity index (χ2v) is 4.72. The number of halogens is 5. The lowest BCUT2D eigenvalue weighted by Crippen LogP contribution is -1.99. The third kappa shape index (κ3) is 3.25. The molecule has 78 valence electrons. The Bertz CT molecular complexity index is 356. The Labute approximate surface area is 95.9 Å². The Balaban J connectivity index is 3.04. The van der Waals surface area contributed by atoms with Crippen LogP contribution < -0.4 is 5.73 Å². The molecule has 0 aromatic heterocycles. The molecule has 0 saturated carbocycles. The lowest BCUT2D eigenvalue weighted by Gasteiger charge is -2.08. The second-order valence-electron chi connectivity index (χ2n) is 2.35. The van der Waals surface area contributed by atoms with Crippen LogP contribution in [0.4, 0.5) is 18.9 Å². The summed E-state index contributed by atoms with van der Waals surface area (Å²) in [6.07, 6.45) is 0. The summed E-state index contributed by atoms with van der Waals surface area (Å²) < 4.78 is 36.4. The molecule has 1 nitrogen and oxygen atoms in total. The van der Waals surface area contributed by atoms with E-state index >= 15 is 0 Å². The average molecular weight is 307 g/mol. The first-order chi connectivity index (χ1) is 6.29. The molecule has 0 fully saturated rings. The van der Waals surface area contributed by atoms with E-state index < -0.39 is 5.51 Å². The molecule has 14 heavy (non-hydrogen) atoms. The van der Waals surface area contributed by atoms with Crippen molar-refractivity contribution in [2.45, 2.75) is 10.4 Å². The highest BCUT2D eigenvalue weighted by Gasteiger charge is 2.30. The maximum Gasteiger partial charge on any atom is 0.446 e. The van der Waals surface area contributed by atoms with E-state index in [0.29, 0.717) is 10.2 Å². The van der Waals surface area contributed by atoms with Gasteiger partial charge >= 0.3 is 5.51 Å². The number of alkyl halides is 3. The second kappa shape index (κ2) is 4.20. The zero-order valence-corrected chi connectivity index (χ0v) is 9.69. The van der Waals surface area contributed by atoms with E-state index in [0.717, 1.165) is 0 Å². The molecule has 0 aliphatic rings. The zero-order chi connectivity index (χ0) is 10.9. The van der Waals surface area contributed by atoms with E-state index in [4.69, 9.17) is 17.3 Å². The van der Waals surface area contributed by atoms with Gasteiger partial charge in [-0.1, -0.05) is 11.6 Å². The molecule has 1 aromatic rings. The van der Waals surface area contributed by atoms with Gasteiger partial charge in [0.1, 0.15) is 0 Å². The van der Waals surface area contributed by atoms with Crippen LogP contribution in [0.5, 0.6) is 0 Å². The summed E-state index contributed by atoms with van der Waals surface area (Å²) in [5, 5.41) is -0.00646. The van der Waals surface area contributed by atoms with Crippen LogP contribution in [0.15, 0.2) is 21.5 Å². The highest BCUT2D eigenvalue weighted by atomic mass is 79.9. The first-order valence-electron chi connectivity index (χ1n) is 3.30. The predicted octanol–water partition coefficient (Wildman–Crippen LogP) is 4.30. The first kappa shape index (κ1) is 12.0. The maximum absolute atomic E-state index is 12.0. The number of hydrogen-bond donors (Lipinski definition) is 1. The largest absolute Gasteiger partial charge is 0.446 e. The minimum Gasteiger partial charge on any atom is -0.398 e. The van der Waals surface area contributed by atoms with Crippen LogP contribution in [0, 0.1) is 0 Å². The van der Waals surface area contributed by atoms with Crippen LogP contribution in [-0.4, -0.2) is 5.51 Å². The number of nitrogens with two attached hydrogens (primary N) is 1. The summed E-state index contributed by atoms with van der Waals surface area (Å²) in [6, 6.07) is 2.52. The van der Waals surface area contributed by atoms with E-state index in [-0.39, 0.29) is 21.7 Å². The third-order valence-electron chi connectivity index (χ3n) is 1.28. The quantitative estimate of drug-likeness (QED) is 0.618. The summed E-state index contributed by atoms with van der Waals surface area (Å²) in [5.41, 5.74) is 1.39. The molecule has 0 amide bonds. The Morgan fingerprint density at radius 2 is 1.93 bits per heavy atom. The Hall–Kier alpha value is -0.0700. The molecule has 0 unspecified atom stereocenters. The van der Waals surface area contributed by atoms with Crippen LogP contribution in [0.1, 0.15) is 0 Å². The van der Waals surface area contributed by atoms with Crippen molar-refractivity contribution in [2.24, 2.45) is 0 Å². The van der Waals surface area contributed by atoms with E-state index in [1.165, 1.54) is 12.1 Å². The number of thioether (sulfide) groups is 1. The fourth-order valence-electron chi connectivity index (χ4n) is 0.747. The van der Waals surface area contributed by atoms with Gasteiger partial charge in [-0.3, -0.25) is 0 Å². The average Bonchev–Trinajstić information content (AvgIpc) is 1.97. The lowest BCUT2D eigenvalue weighted by atomic mass is 10.3. The van der Waals surface area contributed by atoms with Gasteiger partial charge in [0, 0.05) is 15.1 Å². The van der Waals surface area contributed by atoms with Crippen molar-refractivity contribution in [1.82, 2.24) is 0 Å². The fraction of sp³-hybridized carbons (Fsp3) is 0.143. The van der Waals surface area contributed by atoms with Crippen molar-refractivity contribution in [3.63, 3.8) is 0 Å². The molecule has 0 aliphatic carbocycles. The Morgan fingerprint density at radius 3 is 2.43 bits per heavy atom. The van der Waals surface area contributed by atoms with Crippen molar-refractivity contribution >= 4 is 45.0 Å². The van der Waals surface area contributed by atoms with Crippen LogP contribution in [0.2, 0.25) is 5.02 Å². The molecular formula is C7H4BrClF3NS. The molecular weight excluding hydrogens is 303 g/mol. The van der Waals surface area contributed by atoms with E-state index in [1.54, 1.807) is 0 Å². The van der Waals surface area contributed by atoms with Crippen LogP contribution >= 0.6 is 39.3 Å². The van der Waals surface area contributed by atoms with Gasteiger partial charge in [0.05, 0.1) is 5.02 Å². The number of anilines is 1. The van der Waals surface area contributed by atoms with Crippen LogP contribution in [-0.2, 0) is 0 Å². The van der Waals surface area contributed by atoms with Gasteiger partial charge < -0.3 is 5.73 Å². The summed E-state index contributed by atoms with van der Waals surface area (Å²) in [6.45, 7) is 0. The van der Waals surface area contributed by atoms with E-state index in [9.17, 15) is 13.2 Å². The molecule has 1 aromatic carbocycles. The highest BCUT2D eigenvalue weighted by Crippen LogP contribution is 2.42. The summed E-state index contributed by atoms with van der Waals surface area (Å²) >= 11 is 8.34. The monoisotopic (exact) mass is 305 g/mol. The molecule has 0 radical (unpaired) electrons. The molecule has 0 spiro atoms. The molecule has 0 atom stereocenters. The first-order valence-corrected chi connectivity index (χ1v) is 5.28. The van der Waals surface area contributed by atoms with Crippen molar-refractivity contribution in [1.29, 1.82) is 0 Å². The normalized spacial score (nSPS) is 11.8. The maximum atomic E-state index is 12.0. The number of hydrogen-bond acceptors (Lipinski definition) is 2. The van der Waals surface area contributed by atoms with Gasteiger partial charge in [-0.15, -0.1) is 0 Å². The predicted molar refractivity (Wildman–Crippen MR) is 55.5 cm³/mol. The Morgan fingerprint density at radius 1 is 1.36 bits per heavy atom. The molecule has 0 saturated heterocycles. The van der Waals surface area contributed by atoms with Gasteiger partial charge in [-0.2, -0.15) is 13.2 Å². The smallest absolute Gasteiger partial charge is 0.398 e. The van der Waals surface area contributed by atoms with Gasteiger partial charge in [0.25, 0.3) is 0 Å². The SMILES string of the molecule is Nc1cc(Cl)c(SC(F)(F)F)cc1Br. The molecule has 1 rings (SSSR count). The number of nitrogen functional groups attached to an aromatic ring is 1. The third-order valence-corrected chi connectivity index (χ3v) is 3.18. The minimum absolute atomic E-state index is 0.00646. The van der Waals surface area contributed by atoms with Gasteiger partial charge in [0.15, 0.2) is 0 Å². The lowest BCUT2D eigenvalue weighted by molar-refractivity contribution is -0.0328. The number of benzene rings is 1. The Kier molecular flexibility index (Phi) is 3.60. The van der Waals surface area contributed by atoms with Gasteiger partial charge in [0.2, 0.25) is 0 Å². The summed E-state index contributed by atoms with van der Waals surface area (Å²) in [5.74, 6) is 0. The van der Waals surface area contributed by atoms with Gasteiger partial charge in [-0.05, 0) is 39.8 Å². The molecule has 7 heteroatoms. The fourth-order valence-corrected chi connectivity index (χ4v) is 2.11. The standard InChI is InChI=1S/C7H4BrClF3NS/c8-3-1-6(14-7(10,11)12)4(9)2-5(3)13/h1-2H,13H2. The molecule has 0 aliphatic heterocycles. The van der Waals surface area contributed by atoms with Crippen molar-refractivity contribution < 1.29 is 13.2 Å². The van der Waals surface area contributed by atoms with Crippen molar-refractivity contribution in [2.75, 3.05) is 5.73 Å². The van der Waals surface area contributed by atoms with Gasteiger partial charge in [-0.25, -0.2) is 0 Å². The van der Waals surface area contributed by atoms with E-state index in [1.807, 2.05) is 0 Å². The molecule has 0 bridgehead atoms. The van der Waals surface area contributed by atoms with Crippen LogP contribution in [0.25, 0.3) is 0 Å². The summed E-state index contributed by atoms with van der Waals surface area (Å²) in [4.78, 5) is -0.0692. The molecule has 0 heterocycles. The van der Waals surface area contributed by atoms with Crippen molar-refractivity contribution in [3.8, 4) is 0 Å². The van der Waals surface area contributed by atoms with Crippen LogP contribution in [0.3, 0.4) is 0 Å². The van der Waals surface area contributed by atoms with E-state index in [2.05, 4.69) is 15.9 Å². The highest BCUT2D eigenvalue weighted by molar-refractivity contribution is 9.10.